The largest absolute Gasteiger partial charge is 0.501 e. The van der Waals surface area contributed by atoms with Crippen molar-refractivity contribution in [1.29, 1.82) is 0 Å². The van der Waals surface area contributed by atoms with E-state index in [4.69, 9.17) is 11.6 Å². The molecule has 0 bridgehead atoms. The summed E-state index contributed by atoms with van der Waals surface area (Å²) in [7, 11) is -2.35. The zero-order valence-corrected chi connectivity index (χ0v) is 16.6. The minimum Gasteiger partial charge on any atom is -0.501 e. The predicted molar refractivity (Wildman–Crippen MR) is 104 cm³/mol. The molecule has 3 rings (SSSR count). The van der Waals surface area contributed by atoms with Gasteiger partial charge in [0.1, 0.15) is 0 Å². The molecule has 1 fully saturated rings. The predicted octanol–water partition coefficient (Wildman–Crippen LogP) is 0.999. The molecule has 150 valence electrons. The number of anilines is 1. The number of amides is 1. The van der Waals surface area contributed by atoms with Gasteiger partial charge in [-0.05, 0) is 30.5 Å². The Morgan fingerprint density at radius 1 is 1.36 bits per heavy atom. The molecule has 2 N–H and O–H groups in total. The normalized spacial score (nSPS) is 16.0. The Bertz CT molecular complexity index is 1080. The van der Waals surface area contributed by atoms with Crippen LogP contribution in [0.2, 0.25) is 5.02 Å². The lowest BCUT2D eigenvalue weighted by Gasteiger charge is -2.28. The van der Waals surface area contributed by atoms with Crippen molar-refractivity contribution in [1.82, 2.24) is 14.9 Å². The second kappa shape index (κ2) is 7.80. The Hall–Kier alpha value is -2.59. The summed E-state index contributed by atoms with van der Waals surface area (Å²) in [5.41, 5.74) is -0.720. The molecule has 1 saturated heterocycles. The molecule has 0 aliphatic carbocycles. The molecular weight excluding hydrogens is 408 g/mol. The van der Waals surface area contributed by atoms with Gasteiger partial charge in [-0.3, -0.25) is 14.2 Å². The van der Waals surface area contributed by atoms with E-state index in [0.717, 1.165) is 8.87 Å². The Labute approximate surface area is 166 Å². The first kappa shape index (κ1) is 20.2. The first-order valence-corrected chi connectivity index (χ1v) is 10.5. The van der Waals surface area contributed by atoms with Gasteiger partial charge in [0.05, 0.1) is 5.75 Å². The molecule has 0 unspecified atom stereocenters. The summed E-state index contributed by atoms with van der Waals surface area (Å²) in [6.07, 6.45) is 1.12. The number of nitrogens with one attached hydrogen (secondary N) is 1. The molecule has 2 aromatic rings. The highest BCUT2D eigenvalue weighted by Gasteiger charge is 2.31. The van der Waals surface area contributed by atoms with Crippen LogP contribution in [-0.2, 0) is 23.6 Å². The maximum absolute atomic E-state index is 12.5. The van der Waals surface area contributed by atoms with Crippen molar-refractivity contribution in [2.75, 3.05) is 16.6 Å². The van der Waals surface area contributed by atoms with Gasteiger partial charge in [-0.1, -0.05) is 23.7 Å². The number of hydrogen-bond acceptors (Lipinski definition) is 6. The molecule has 0 radical (unpaired) electrons. The summed E-state index contributed by atoms with van der Waals surface area (Å²) < 4.78 is 26.6. The van der Waals surface area contributed by atoms with Crippen LogP contribution in [0, 0.1) is 0 Å². The fourth-order valence-corrected chi connectivity index (χ4v) is 4.71. The lowest BCUT2D eigenvalue weighted by Crippen LogP contribution is -2.42. The third-order valence-electron chi connectivity index (χ3n) is 4.37. The number of hydrogen-bond donors (Lipinski definition) is 2. The Morgan fingerprint density at radius 3 is 2.79 bits per heavy atom. The molecule has 0 atom stereocenters. The Morgan fingerprint density at radius 2 is 2.11 bits per heavy atom. The van der Waals surface area contributed by atoms with Gasteiger partial charge in [-0.25, -0.2) is 17.7 Å². The summed E-state index contributed by atoms with van der Waals surface area (Å²) in [5.74, 6) is -1.91. The maximum Gasteiger partial charge on any atom is 0.297 e. The van der Waals surface area contributed by atoms with E-state index in [1.54, 1.807) is 24.3 Å². The summed E-state index contributed by atoms with van der Waals surface area (Å²) in [6.45, 7) is 0.240. The minimum absolute atomic E-state index is 0.0694. The van der Waals surface area contributed by atoms with Crippen LogP contribution in [0.5, 0.6) is 5.75 Å². The van der Waals surface area contributed by atoms with Crippen LogP contribution in [-0.4, -0.2) is 41.3 Å². The number of benzene rings is 1. The highest BCUT2D eigenvalue weighted by atomic mass is 35.5. The minimum atomic E-state index is -3.65. The second-order valence-corrected chi connectivity index (χ2v) is 8.83. The molecule has 1 aliphatic rings. The van der Waals surface area contributed by atoms with Crippen molar-refractivity contribution >= 4 is 33.5 Å². The molecule has 1 amide bonds. The quantitative estimate of drug-likeness (QED) is 0.752. The van der Waals surface area contributed by atoms with Crippen molar-refractivity contribution in [2.45, 2.75) is 19.4 Å². The molecule has 2 heterocycles. The van der Waals surface area contributed by atoms with Gasteiger partial charge in [0, 0.05) is 25.2 Å². The zero-order chi connectivity index (χ0) is 20.5. The van der Waals surface area contributed by atoms with Crippen molar-refractivity contribution < 1.29 is 18.3 Å². The third-order valence-corrected chi connectivity index (χ3v) is 6.43. The van der Waals surface area contributed by atoms with Crippen molar-refractivity contribution in [3.8, 4) is 5.75 Å². The van der Waals surface area contributed by atoms with Crippen LogP contribution in [0.15, 0.2) is 29.1 Å². The van der Waals surface area contributed by atoms with E-state index in [-0.39, 0.29) is 24.8 Å². The van der Waals surface area contributed by atoms with Crippen LogP contribution < -0.4 is 15.2 Å². The number of carbonyl (C=O) groups excluding carboxylic acids is 1. The van der Waals surface area contributed by atoms with Gasteiger partial charge in [-0.2, -0.15) is 0 Å². The van der Waals surface area contributed by atoms with Gasteiger partial charge in [0.25, 0.3) is 11.5 Å². The highest BCUT2D eigenvalue weighted by Crippen LogP contribution is 2.22. The Kier molecular flexibility index (Phi) is 5.61. The molecule has 11 heteroatoms. The van der Waals surface area contributed by atoms with E-state index >= 15 is 0 Å². The van der Waals surface area contributed by atoms with E-state index in [0.29, 0.717) is 23.4 Å². The monoisotopic (exact) mass is 426 g/mol. The molecule has 1 aromatic carbocycles. The van der Waals surface area contributed by atoms with Crippen LogP contribution in [0.25, 0.3) is 0 Å². The molecular formula is C17H19ClN4O5S. The van der Waals surface area contributed by atoms with Crippen LogP contribution in [0.4, 0.5) is 5.95 Å². The zero-order valence-electron chi connectivity index (χ0n) is 15.1. The van der Waals surface area contributed by atoms with Crippen molar-refractivity contribution in [3.63, 3.8) is 0 Å². The molecule has 1 aromatic heterocycles. The van der Waals surface area contributed by atoms with Crippen molar-refractivity contribution in [2.24, 2.45) is 7.05 Å². The van der Waals surface area contributed by atoms with E-state index in [1.807, 2.05) is 0 Å². The molecule has 28 heavy (non-hydrogen) atoms. The number of rotatable bonds is 4. The van der Waals surface area contributed by atoms with E-state index in [1.165, 1.54) is 7.05 Å². The van der Waals surface area contributed by atoms with E-state index in [2.05, 4.69) is 10.3 Å². The lowest BCUT2D eigenvalue weighted by molar-refractivity contribution is 0.0942. The molecule has 9 nitrogen and oxygen atoms in total. The number of halogens is 1. The highest BCUT2D eigenvalue weighted by molar-refractivity contribution is 7.92. The van der Waals surface area contributed by atoms with Crippen molar-refractivity contribution in [3.05, 3.63) is 50.9 Å². The number of nitrogens with zero attached hydrogens (tertiary/aromatic N) is 3. The fourth-order valence-electron chi connectivity index (χ4n) is 2.89. The van der Waals surface area contributed by atoms with Gasteiger partial charge >= 0.3 is 0 Å². The summed E-state index contributed by atoms with van der Waals surface area (Å²) in [4.78, 5) is 28.8. The number of aromatic hydroxyl groups is 1. The third kappa shape index (κ3) is 3.97. The summed E-state index contributed by atoms with van der Waals surface area (Å²) >= 11 is 5.90. The van der Waals surface area contributed by atoms with Crippen LogP contribution in [0.3, 0.4) is 0 Å². The lowest BCUT2D eigenvalue weighted by atomic mass is 10.2. The standard InChI is InChI=1S/C17H19ClN4O5S/c1-21-16(25)14(23)13(15(24)19-10-11-5-4-6-12(18)9-11)20-17(21)22-7-2-3-8-28(22,26)27/h4-6,9,23H,2-3,7-8,10H2,1H3,(H,19,24). The smallest absolute Gasteiger partial charge is 0.297 e. The van der Waals surface area contributed by atoms with E-state index in [9.17, 15) is 23.1 Å². The average Bonchev–Trinajstić information content (AvgIpc) is 2.65. The molecule has 0 spiro atoms. The van der Waals surface area contributed by atoms with Gasteiger partial charge in [-0.15, -0.1) is 0 Å². The average molecular weight is 427 g/mol. The fraction of sp³-hybridized carbons (Fsp3) is 0.353. The number of carbonyl (C=O) groups is 1. The van der Waals surface area contributed by atoms with Crippen LogP contribution >= 0.6 is 11.6 Å². The summed E-state index contributed by atoms with van der Waals surface area (Å²) in [6, 6.07) is 6.81. The molecule has 0 saturated carbocycles. The maximum atomic E-state index is 12.5. The number of aromatic nitrogens is 2. The van der Waals surface area contributed by atoms with Crippen LogP contribution in [0.1, 0.15) is 28.9 Å². The first-order valence-electron chi connectivity index (χ1n) is 8.54. The number of sulfonamides is 1. The van der Waals surface area contributed by atoms with Gasteiger partial charge in [0.15, 0.2) is 5.69 Å². The topological polar surface area (TPSA) is 122 Å². The van der Waals surface area contributed by atoms with Gasteiger partial charge < -0.3 is 10.4 Å². The molecule has 1 aliphatic heterocycles. The van der Waals surface area contributed by atoms with Gasteiger partial charge in [0.2, 0.25) is 21.7 Å². The Balaban J connectivity index is 1.93. The van der Waals surface area contributed by atoms with E-state index < -0.39 is 32.9 Å². The second-order valence-electron chi connectivity index (χ2n) is 6.38. The first-order chi connectivity index (χ1) is 13.2. The SMILES string of the molecule is Cn1c(N2CCCCS2(=O)=O)nc(C(=O)NCc2cccc(Cl)c2)c(O)c1=O. The summed E-state index contributed by atoms with van der Waals surface area (Å²) in [5, 5.41) is 13.1.